The maximum atomic E-state index is 14.0. The Kier molecular flexibility index (Phi) is 2.71. The van der Waals surface area contributed by atoms with Gasteiger partial charge in [0.15, 0.2) is 0 Å². The van der Waals surface area contributed by atoms with E-state index >= 15 is 0 Å². The number of hydrogen-bond acceptors (Lipinski definition) is 2. The lowest BCUT2D eigenvalue weighted by molar-refractivity contribution is 0.181. The Morgan fingerprint density at radius 1 is 1.53 bits per heavy atom. The van der Waals surface area contributed by atoms with Gasteiger partial charge in [-0.1, -0.05) is 11.6 Å². The molecule has 1 aliphatic carbocycles. The zero-order valence-electron chi connectivity index (χ0n) is 8.52. The summed E-state index contributed by atoms with van der Waals surface area (Å²) in [7, 11) is 1.52. The van der Waals surface area contributed by atoms with E-state index in [4.69, 9.17) is 22.1 Å². The number of ether oxygens (including phenoxy) is 1. The van der Waals surface area contributed by atoms with Crippen LogP contribution in [-0.4, -0.2) is 7.11 Å². The predicted molar refractivity (Wildman–Crippen MR) is 57.2 cm³/mol. The van der Waals surface area contributed by atoms with Gasteiger partial charge in [-0.2, -0.15) is 0 Å². The van der Waals surface area contributed by atoms with Crippen molar-refractivity contribution < 1.29 is 9.13 Å². The monoisotopic (exact) mass is 229 g/mol. The SMILES string of the molecule is COCc1cc(Cl)cc(C2(N)CC2)c1F. The van der Waals surface area contributed by atoms with Gasteiger partial charge in [0, 0.05) is 28.8 Å². The van der Waals surface area contributed by atoms with Crippen LogP contribution in [0.3, 0.4) is 0 Å². The Morgan fingerprint density at radius 2 is 2.20 bits per heavy atom. The van der Waals surface area contributed by atoms with Gasteiger partial charge < -0.3 is 10.5 Å². The normalized spacial score (nSPS) is 17.9. The molecular weight excluding hydrogens is 217 g/mol. The second kappa shape index (κ2) is 3.74. The number of rotatable bonds is 3. The van der Waals surface area contributed by atoms with Crippen molar-refractivity contribution in [1.29, 1.82) is 0 Å². The first-order valence-electron chi connectivity index (χ1n) is 4.83. The number of methoxy groups -OCH3 is 1. The molecule has 0 unspecified atom stereocenters. The molecule has 0 amide bonds. The first kappa shape index (κ1) is 10.9. The van der Waals surface area contributed by atoms with E-state index in [-0.39, 0.29) is 12.4 Å². The quantitative estimate of drug-likeness (QED) is 0.865. The highest BCUT2D eigenvalue weighted by Gasteiger charge is 2.42. The highest BCUT2D eigenvalue weighted by molar-refractivity contribution is 6.30. The predicted octanol–water partition coefficient (Wildman–Crippen LogP) is 2.57. The van der Waals surface area contributed by atoms with Crippen LogP contribution < -0.4 is 5.73 Å². The fourth-order valence-corrected chi connectivity index (χ4v) is 1.91. The van der Waals surface area contributed by atoms with E-state index in [1.807, 2.05) is 0 Å². The van der Waals surface area contributed by atoms with E-state index in [1.54, 1.807) is 12.1 Å². The van der Waals surface area contributed by atoms with E-state index < -0.39 is 5.54 Å². The Bertz CT molecular complexity index is 390. The highest BCUT2D eigenvalue weighted by atomic mass is 35.5. The fourth-order valence-electron chi connectivity index (χ4n) is 1.67. The molecule has 1 saturated carbocycles. The number of nitrogens with two attached hydrogens (primary N) is 1. The van der Waals surface area contributed by atoms with Gasteiger partial charge in [0.25, 0.3) is 0 Å². The van der Waals surface area contributed by atoms with Gasteiger partial charge >= 0.3 is 0 Å². The van der Waals surface area contributed by atoms with Crippen molar-refractivity contribution in [2.45, 2.75) is 25.0 Å². The molecule has 1 aliphatic rings. The maximum absolute atomic E-state index is 14.0. The third kappa shape index (κ3) is 2.00. The lowest BCUT2D eigenvalue weighted by atomic mass is 10.0. The summed E-state index contributed by atoms with van der Waals surface area (Å²) in [5.74, 6) is -0.277. The Hall–Kier alpha value is -0.640. The first-order valence-corrected chi connectivity index (χ1v) is 5.21. The summed E-state index contributed by atoms with van der Waals surface area (Å²) in [6, 6.07) is 3.19. The molecule has 0 radical (unpaired) electrons. The van der Waals surface area contributed by atoms with Crippen molar-refractivity contribution in [3.63, 3.8) is 0 Å². The summed E-state index contributed by atoms with van der Waals surface area (Å²) in [5, 5.41) is 0.509. The molecule has 0 heterocycles. The Labute approximate surface area is 93.2 Å². The lowest BCUT2D eigenvalue weighted by Crippen LogP contribution is -2.21. The number of halogens is 2. The molecule has 0 bridgehead atoms. The summed E-state index contributed by atoms with van der Waals surface area (Å²) >= 11 is 5.91. The van der Waals surface area contributed by atoms with Crippen LogP contribution >= 0.6 is 11.6 Å². The van der Waals surface area contributed by atoms with Gasteiger partial charge in [-0.25, -0.2) is 4.39 Å². The van der Waals surface area contributed by atoms with Crippen LogP contribution in [0, 0.1) is 5.82 Å². The molecule has 15 heavy (non-hydrogen) atoms. The van der Waals surface area contributed by atoms with E-state index in [1.165, 1.54) is 7.11 Å². The van der Waals surface area contributed by atoms with E-state index in [9.17, 15) is 4.39 Å². The molecule has 1 aromatic carbocycles. The molecule has 2 rings (SSSR count). The van der Waals surface area contributed by atoms with Crippen molar-refractivity contribution in [2.24, 2.45) is 5.73 Å². The molecule has 1 fully saturated rings. The van der Waals surface area contributed by atoms with Gasteiger partial charge in [0.1, 0.15) is 5.82 Å². The van der Waals surface area contributed by atoms with Gasteiger partial charge in [-0.05, 0) is 25.0 Å². The summed E-state index contributed by atoms with van der Waals surface area (Å²) in [6.45, 7) is 0.218. The van der Waals surface area contributed by atoms with Crippen molar-refractivity contribution >= 4 is 11.6 Å². The molecule has 1 aromatic rings. The smallest absolute Gasteiger partial charge is 0.133 e. The van der Waals surface area contributed by atoms with Crippen LogP contribution in [-0.2, 0) is 16.9 Å². The second-order valence-electron chi connectivity index (χ2n) is 4.02. The average molecular weight is 230 g/mol. The van der Waals surface area contributed by atoms with Crippen molar-refractivity contribution in [3.8, 4) is 0 Å². The van der Waals surface area contributed by atoms with Gasteiger partial charge in [0.2, 0.25) is 0 Å². The maximum Gasteiger partial charge on any atom is 0.133 e. The van der Waals surface area contributed by atoms with E-state index in [0.29, 0.717) is 16.1 Å². The lowest BCUT2D eigenvalue weighted by Gasteiger charge is -2.14. The van der Waals surface area contributed by atoms with Gasteiger partial charge in [-0.3, -0.25) is 0 Å². The third-order valence-corrected chi connectivity index (χ3v) is 2.96. The van der Waals surface area contributed by atoms with E-state index in [0.717, 1.165) is 12.8 Å². The third-order valence-electron chi connectivity index (χ3n) is 2.74. The summed E-state index contributed by atoms with van der Waals surface area (Å²) in [6.07, 6.45) is 1.63. The van der Waals surface area contributed by atoms with Crippen molar-refractivity contribution in [3.05, 3.63) is 34.1 Å². The van der Waals surface area contributed by atoms with E-state index in [2.05, 4.69) is 0 Å². The molecule has 2 nitrogen and oxygen atoms in total. The summed E-state index contributed by atoms with van der Waals surface area (Å²) < 4.78 is 18.9. The fraction of sp³-hybridized carbons (Fsp3) is 0.455. The molecule has 0 saturated heterocycles. The second-order valence-corrected chi connectivity index (χ2v) is 4.45. The van der Waals surface area contributed by atoms with Crippen LogP contribution in [0.2, 0.25) is 5.02 Å². The van der Waals surface area contributed by atoms with Gasteiger partial charge in [0.05, 0.1) is 6.61 Å². The number of hydrogen-bond donors (Lipinski definition) is 1. The minimum atomic E-state index is -0.503. The largest absolute Gasteiger partial charge is 0.380 e. The van der Waals surface area contributed by atoms with Crippen LogP contribution in [0.15, 0.2) is 12.1 Å². The van der Waals surface area contributed by atoms with Crippen LogP contribution in [0.5, 0.6) is 0 Å². The number of benzene rings is 1. The topological polar surface area (TPSA) is 35.2 Å². The zero-order chi connectivity index (χ0) is 11.1. The Balaban J connectivity index is 2.45. The Morgan fingerprint density at radius 3 is 2.73 bits per heavy atom. The molecule has 2 N–H and O–H groups in total. The minimum absolute atomic E-state index is 0.218. The molecule has 82 valence electrons. The van der Waals surface area contributed by atoms with Crippen molar-refractivity contribution in [1.82, 2.24) is 0 Å². The highest BCUT2D eigenvalue weighted by Crippen LogP contribution is 2.45. The van der Waals surface area contributed by atoms with Crippen LogP contribution in [0.25, 0.3) is 0 Å². The van der Waals surface area contributed by atoms with Crippen LogP contribution in [0.4, 0.5) is 4.39 Å². The molecule has 0 atom stereocenters. The zero-order valence-corrected chi connectivity index (χ0v) is 9.27. The summed E-state index contributed by atoms with van der Waals surface area (Å²) in [4.78, 5) is 0. The molecule has 0 aromatic heterocycles. The molecule has 0 spiro atoms. The van der Waals surface area contributed by atoms with Crippen LogP contribution in [0.1, 0.15) is 24.0 Å². The standard InChI is InChI=1S/C11H13ClFNO/c1-15-6-7-4-8(12)5-9(10(7)13)11(14)2-3-11/h4-5H,2-3,6,14H2,1H3. The van der Waals surface area contributed by atoms with Crippen molar-refractivity contribution in [2.75, 3.05) is 7.11 Å². The summed E-state index contributed by atoms with van der Waals surface area (Å²) in [5.41, 5.74) is 6.45. The average Bonchev–Trinajstić information content (AvgIpc) is 2.91. The van der Waals surface area contributed by atoms with Gasteiger partial charge in [-0.15, -0.1) is 0 Å². The first-order chi connectivity index (χ1) is 7.07. The molecular formula is C11H13ClFNO. The molecule has 0 aliphatic heterocycles. The minimum Gasteiger partial charge on any atom is -0.380 e. The molecule has 4 heteroatoms.